The summed E-state index contributed by atoms with van der Waals surface area (Å²) in [5, 5.41) is 2.88. The summed E-state index contributed by atoms with van der Waals surface area (Å²) < 4.78 is 0. The second-order valence-corrected chi connectivity index (χ2v) is 6.45. The van der Waals surface area contributed by atoms with Crippen molar-refractivity contribution in [2.24, 2.45) is 0 Å². The smallest absolute Gasteiger partial charge is 0.220 e. The lowest BCUT2D eigenvalue weighted by atomic mass is 10.0. The number of benzene rings is 2. The fourth-order valence-electron chi connectivity index (χ4n) is 2.51. The number of hydrogen-bond acceptors (Lipinski definition) is 3. The summed E-state index contributed by atoms with van der Waals surface area (Å²) in [7, 11) is 4.01. The molecule has 2 aromatic carbocycles. The second-order valence-electron chi connectivity index (χ2n) is 6.45. The lowest BCUT2D eigenvalue weighted by molar-refractivity contribution is -0.121. The number of carbonyl (C=O) groups excluding carboxylic acids is 2. The first-order valence-corrected chi connectivity index (χ1v) is 8.58. The molecule has 0 fully saturated rings. The van der Waals surface area contributed by atoms with Gasteiger partial charge in [-0.3, -0.25) is 9.59 Å². The molecule has 1 N–H and O–H groups in total. The Morgan fingerprint density at radius 2 is 1.56 bits per heavy atom. The number of carbonyl (C=O) groups is 2. The predicted octanol–water partition coefficient (Wildman–Crippen LogP) is 3.38. The molecule has 1 amide bonds. The van der Waals surface area contributed by atoms with Crippen molar-refractivity contribution < 1.29 is 9.59 Å². The predicted molar refractivity (Wildman–Crippen MR) is 102 cm³/mol. The average molecular weight is 338 g/mol. The zero-order chi connectivity index (χ0) is 18.2. The Morgan fingerprint density at radius 3 is 2.16 bits per heavy atom. The largest absolute Gasteiger partial charge is 0.378 e. The van der Waals surface area contributed by atoms with E-state index < -0.39 is 0 Å². The van der Waals surface area contributed by atoms with Crippen LogP contribution in [0, 0.1) is 6.92 Å². The topological polar surface area (TPSA) is 49.4 Å². The van der Waals surface area contributed by atoms with Crippen LogP contribution in [-0.2, 0) is 11.2 Å². The minimum atomic E-state index is -0.0784. The zero-order valence-corrected chi connectivity index (χ0v) is 15.2. The molecular weight excluding hydrogens is 312 g/mol. The minimum Gasteiger partial charge on any atom is -0.378 e. The highest BCUT2D eigenvalue weighted by molar-refractivity contribution is 5.97. The van der Waals surface area contributed by atoms with Crippen LogP contribution in [-0.4, -0.2) is 32.3 Å². The fraction of sp³-hybridized carbons (Fsp3) is 0.333. The van der Waals surface area contributed by atoms with Crippen molar-refractivity contribution in [3.05, 3.63) is 65.2 Å². The van der Waals surface area contributed by atoms with Crippen LogP contribution in [0.4, 0.5) is 5.69 Å². The van der Waals surface area contributed by atoms with Crippen LogP contribution in [0.1, 0.15) is 34.3 Å². The van der Waals surface area contributed by atoms with Crippen molar-refractivity contribution in [2.75, 3.05) is 25.5 Å². The van der Waals surface area contributed by atoms with E-state index in [-0.39, 0.29) is 24.5 Å². The first-order valence-electron chi connectivity index (χ1n) is 8.58. The minimum absolute atomic E-state index is 0.00873. The Kier molecular flexibility index (Phi) is 6.75. The molecule has 4 nitrogen and oxygen atoms in total. The van der Waals surface area contributed by atoms with E-state index in [0.717, 1.165) is 17.7 Å². The number of aryl methyl sites for hydroxylation is 1. The van der Waals surface area contributed by atoms with Crippen LogP contribution in [0.25, 0.3) is 0 Å². The second kappa shape index (κ2) is 9.02. The van der Waals surface area contributed by atoms with Crippen molar-refractivity contribution in [3.8, 4) is 0 Å². The van der Waals surface area contributed by atoms with Gasteiger partial charge in [0.15, 0.2) is 5.78 Å². The van der Waals surface area contributed by atoms with Crippen molar-refractivity contribution in [2.45, 2.75) is 26.2 Å². The van der Waals surface area contributed by atoms with Gasteiger partial charge in [0.25, 0.3) is 0 Å². The third-order valence-electron chi connectivity index (χ3n) is 4.14. The van der Waals surface area contributed by atoms with Crippen LogP contribution in [0.5, 0.6) is 0 Å². The Hall–Kier alpha value is -2.62. The molecule has 2 aromatic rings. The van der Waals surface area contributed by atoms with Gasteiger partial charge in [-0.25, -0.2) is 0 Å². The highest BCUT2D eigenvalue weighted by Gasteiger charge is 2.09. The summed E-state index contributed by atoms with van der Waals surface area (Å²) in [6.07, 6.45) is 1.25. The van der Waals surface area contributed by atoms with E-state index in [9.17, 15) is 9.59 Å². The molecule has 0 atom stereocenters. The standard InChI is InChI=1S/C21H26N2O2/c1-16-4-8-18(9-5-16)20(24)12-13-21(25)22-15-14-17-6-10-19(11-7-17)23(2)3/h4-11H,12-15H2,1-3H3,(H,22,25). The van der Waals surface area contributed by atoms with Gasteiger partial charge in [-0.2, -0.15) is 0 Å². The van der Waals surface area contributed by atoms with E-state index in [0.29, 0.717) is 12.1 Å². The molecule has 0 unspecified atom stereocenters. The van der Waals surface area contributed by atoms with E-state index in [2.05, 4.69) is 34.5 Å². The Balaban J connectivity index is 1.70. The molecule has 0 saturated carbocycles. The molecule has 2 rings (SSSR count). The maximum Gasteiger partial charge on any atom is 0.220 e. The Bertz CT molecular complexity index is 704. The van der Waals surface area contributed by atoms with E-state index in [4.69, 9.17) is 0 Å². The maximum absolute atomic E-state index is 12.1. The van der Waals surface area contributed by atoms with Crippen molar-refractivity contribution in [3.63, 3.8) is 0 Å². The van der Waals surface area contributed by atoms with Gasteiger partial charge in [0, 0.05) is 44.7 Å². The van der Waals surface area contributed by atoms with Crippen LogP contribution in [0.3, 0.4) is 0 Å². The van der Waals surface area contributed by atoms with Gasteiger partial charge < -0.3 is 10.2 Å². The quantitative estimate of drug-likeness (QED) is 0.751. The number of Topliss-reactive ketones (excluding diaryl/α,β-unsaturated/α-hetero) is 1. The zero-order valence-electron chi connectivity index (χ0n) is 15.2. The summed E-state index contributed by atoms with van der Waals surface area (Å²) in [5.41, 5.74) is 4.12. The SMILES string of the molecule is Cc1ccc(C(=O)CCC(=O)NCCc2ccc(N(C)C)cc2)cc1. The first kappa shape index (κ1) is 18.7. The monoisotopic (exact) mass is 338 g/mol. The molecule has 4 heteroatoms. The van der Waals surface area contributed by atoms with Crippen molar-refractivity contribution in [1.82, 2.24) is 5.32 Å². The molecule has 0 aliphatic heterocycles. The molecular formula is C21H26N2O2. The highest BCUT2D eigenvalue weighted by atomic mass is 16.2. The van der Waals surface area contributed by atoms with Crippen LogP contribution >= 0.6 is 0 Å². The average Bonchev–Trinajstić information content (AvgIpc) is 2.60. The van der Waals surface area contributed by atoms with Gasteiger partial charge in [0.2, 0.25) is 5.91 Å². The summed E-state index contributed by atoms with van der Waals surface area (Å²) in [6, 6.07) is 15.7. The van der Waals surface area contributed by atoms with E-state index in [1.165, 1.54) is 5.56 Å². The van der Waals surface area contributed by atoms with Gasteiger partial charge in [-0.05, 0) is 31.0 Å². The molecule has 0 bridgehead atoms. The first-order chi connectivity index (χ1) is 12.0. The molecule has 0 aliphatic rings. The van der Waals surface area contributed by atoms with E-state index in [1.54, 1.807) is 0 Å². The number of amides is 1. The summed E-state index contributed by atoms with van der Waals surface area (Å²) >= 11 is 0. The number of hydrogen-bond donors (Lipinski definition) is 1. The van der Waals surface area contributed by atoms with Crippen molar-refractivity contribution >= 4 is 17.4 Å². The summed E-state index contributed by atoms with van der Waals surface area (Å²) in [5.74, 6) is -0.0696. The van der Waals surface area contributed by atoms with Crippen molar-refractivity contribution in [1.29, 1.82) is 0 Å². The van der Waals surface area contributed by atoms with Gasteiger partial charge >= 0.3 is 0 Å². The van der Waals surface area contributed by atoms with Gasteiger partial charge in [0.05, 0.1) is 0 Å². The number of anilines is 1. The number of nitrogens with one attached hydrogen (secondary N) is 1. The summed E-state index contributed by atoms with van der Waals surface area (Å²) in [4.78, 5) is 26.0. The molecule has 0 aliphatic carbocycles. The van der Waals surface area contributed by atoms with Crippen LogP contribution < -0.4 is 10.2 Å². The van der Waals surface area contributed by atoms with E-state index in [1.807, 2.05) is 45.3 Å². The highest BCUT2D eigenvalue weighted by Crippen LogP contribution is 2.12. The molecule has 132 valence electrons. The molecule has 0 heterocycles. The molecule has 0 radical (unpaired) electrons. The number of rotatable bonds is 8. The van der Waals surface area contributed by atoms with Gasteiger partial charge in [0.1, 0.15) is 0 Å². The molecule has 0 spiro atoms. The Morgan fingerprint density at radius 1 is 0.920 bits per heavy atom. The van der Waals surface area contributed by atoms with Gasteiger partial charge in [-0.1, -0.05) is 42.0 Å². The maximum atomic E-state index is 12.1. The third kappa shape index (κ3) is 6.07. The van der Waals surface area contributed by atoms with Crippen LogP contribution in [0.15, 0.2) is 48.5 Å². The van der Waals surface area contributed by atoms with Crippen LogP contribution in [0.2, 0.25) is 0 Å². The number of ketones is 1. The van der Waals surface area contributed by atoms with Gasteiger partial charge in [-0.15, -0.1) is 0 Å². The fourth-order valence-corrected chi connectivity index (χ4v) is 2.51. The third-order valence-corrected chi connectivity index (χ3v) is 4.14. The molecule has 0 aromatic heterocycles. The lowest BCUT2D eigenvalue weighted by Gasteiger charge is -2.12. The molecule has 0 saturated heterocycles. The van der Waals surface area contributed by atoms with E-state index >= 15 is 0 Å². The molecule has 25 heavy (non-hydrogen) atoms. The normalized spacial score (nSPS) is 10.4. The number of nitrogens with zero attached hydrogens (tertiary/aromatic N) is 1. The summed E-state index contributed by atoms with van der Waals surface area (Å²) in [6.45, 7) is 2.56. The lowest BCUT2D eigenvalue weighted by Crippen LogP contribution is -2.26. The Labute approximate surface area is 149 Å².